The molecule has 0 bridgehead atoms. The van der Waals surface area contributed by atoms with Crippen molar-refractivity contribution in [3.05, 3.63) is 56.2 Å². The number of aryl methyl sites for hydroxylation is 2. The molecular weight excluding hydrogens is 262 g/mol. The molecule has 0 spiro atoms. The average molecular weight is 280 g/mol. The molecule has 2 rings (SSSR count). The van der Waals surface area contributed by atoms with Crippen molar-refractivity contribution in [1.82, 2.24) is 5.32 Å². The summed E-state index contributed by atoms with van der Waals surface area (Å²) in [7, 11) is 0. The molecule has 0 saturated carbocycles. The summed E-state index contributed by atoms with van der Waals surface area (Å²) in [5.41, 5.74) is 2.55. The van der Waals surface area contributed by atoms with Crippen LogP contribution in [0, 0.1) is 13.8 Å². The highest BCUT2D eigenvalue weighted by molar-refractivity contribution is 7.12. The van der Waals surface area contributed by atoms with Gasteiger partial charge < -0.3 is 5.32 Å². The Labute approximate surface area is 118 Å². The first-order valence-corrected chi connectivity index (χ1v) is 7.30. The summed E-state index contributed by atoms with van der Waals surface area (Å²) in [5.74, 6) is 0. The molecule has 3 heteroatoms. The van der Waals surface area contributed by atoms with Gasteiger partial charge >= 0.3 is 0 Å². The first-order valence-electron chi connectivity index (χ1n) is 6.11. The second-order valence-corrected chi connectivity index (χ2v) is 6.38. The Bertz CT molecular complexity index is 533. The first-order chi connectivity index (χ1) is 8.56. The molecule has 1 heterocycles. The van der Waals surface area contributed by atoms with Gasteiger partial charge in [0.1, 0.15) is 0 Å². The van der Waals surface area contributed by atoms with Crippen molar-refractivity contribution in [2.24, 2.45) is 0 Å². The van der Waals surface area contributed by atoms with E-state index in [0.29, 0.717) is 6.04 Å². The van der Waals surface area contributed by atoms with Gasteiger partial charge in [-0.15, -0.1) is 11.3 Å². The van der Waals surface area contributed by atoms with Crippen molar-refractivity contribution < 1.29 is 0 Å². The van der Waals surface area contributed by atoms with Crippen molar-refractivity contribution in [2.45, 2.75) is 33.4 Å². The number of hydrogen-bond acceptors (Lipinski definition) is 2. The topological polar surface area (TPSA) is 12.0 Å². The molecule has 96 valence electrons. The van der Waals surface area contributed by atoms with Crippen LogP contribution in [0.15, 0.2) is 30.3 Å². The van der Waals surface area contributed by atoms with E-state index in [9.17, 15) is 0 Å². The molecular formula is C15H18ClNS. The minimum atomic E-state index is 0.388. The lowest BCUT2D eigenvalue weighted by Crippen LogP contribution is -2.17. The highest BCUT2D eigenvalue weighted by atomic mass is 35.5. The van der Waals surface area contributed by atoms with Gasteiger partial charge in [0.05, 0.1) is 0 Å². The standard InChI is InChI=1S/C15H18ClNS/c1-10-8-14(16)6-5-13(10)9-17-12(3)15-7-4-11(2)18-15/h4-8,12,17H,9H2,1-3H3. The van der Waals surface area contributed by atoms with Gasteiger partial charge in [-0.25, -0.2) is 0 Å². The Morgan fingerprint density at radius 1 is 1.22 bits per heavy atom. The summed E-state index contributed by atoms with van der Waals surface area (Å²) in [6, 6.07) is 10.8. The lowest BCUT2D eigenvalue weighted by Gasteiger charge is -2.13. The maximum Gasteiger partial charge on any atom is 0.0408 e. The Kier molecular flexibility index (Phi) is 4.44. The molecule has 0 saturated heterocycles. The van der Waals surface area contributed by atoms with Crippen LogP contribution in [0.5, 0.6) is 0 Å². The quantitative estimate of drug-likeness (QED) is 0.842. The summed E-state index contributed by atoms with van der Waals surface area (Å²) in [5, 5.41) is 4.36. The Balaban J connectivity index is 1.99. The SMILES string of the molecule is Cc1ccc(C(C)NCc2ccc(Cl)cc2C)s1. The van der Waals surface area contributed by atoms with Gasteiger partial charge in [0, 0.05) is 27.4 Å². The molecule has 0 aliphatic carbocycles. The van der Waals surface area contributed by atoms with Crippen LogP contribution in [0.25, 0.3) is 0 Å². The summed E-state index contributed by atoms with van der Waals surface area (Å²) in [6.07, 6.45) is 0. The number of benzene rings is 1. The molecule has 1 nitrogen and oxygen atoms in total. The van der Waals surface area contributed by atoms with E-state index in [-0.39, 0.29) is 0 Å². The van der Waals surface area contributed by atoms with Crippen LogP contribution in [-0.4, -0.2) is 0 Å². The Morgan fingerprint density at radius 2 is 2.00 bits per heavy atom. The maximum atomic E-state index is 5.96. The van der Waals surface area contributed by atoms with Crippen LogP contribution in [0.3, 0.4) is 0 Å². The molecule has 1 aromatic heterocycles. The monoisotopic (exact) mass is 279 g/mol. The largest absolute Gasteiger partial charge is 0.305 e. The number of halogens is 1. The predicted molar refractivity (Wildman–Crippen MR) is 80.5 cm³/mol. The predicted octanol–water partition coefficient (Wildman–Crippen LogP) is 4.87. The summed E-state index contributed by atoms with van der Waals surface area (Å²) >= 11 is 7.81. The fourth-order valence-electron chi connectivity index (χ4n) is 1.91. The van der Waals surface area contributed by atoms with Crippen LogP contribution in [0.2, 0.25) is 5.02 Å². The fourth-order valence-corrected chi connectivity index (χ4v) is 3.04. The van der Waals surface area contributed by atoms with Gasteiger partial charge in [-0.05, 0) is 56.2 Å². The van der Waals surface area contributed by atoms with Crippen molar-refractivity contribution >= 4 is 22.9 Å². The zero-order valence-electron chi connectivity index (χ0n) is 11.0. The van der Waals surface area contributed by atoms with E-state index >= 15 is 0 Å². The van der Waals surface area contributed by atoms with E-state index in [2.05, 4.69) is 44.3 Å². The minimum Gasteiger partial charge on any atom is -0.305 e. The smallest absolute Gasteiger partial charge is 0.0408 e. The van der Waals surface area contributed by atoms with E-state index in [1.54, 1.807) is 0 Å². The Morgan fingerprint density at radius 3 is 2.61 bits per heavy atom. The molecule has 0 radical (unpaired) electrons. The molecule has 0 fully saturated rings. The third kappa shape index (κ3) is 3.35. The lowest BCUT2D eigenvalue weighted by atomic mass is 10.1. The Hall–Kier alpha value is -0.830. The van der Waals surface area contributed by atoms with Crippen LogP contribution < -0.4 is 5.32 Å². The molecule has 0 aliphatic rings. The van der Waals surface area contributed by atoms with E-state index in [1.165, 1.54) is 20.9 Å². The second-order valence-electron chi connectivity index (χ2n) is 4.62. The zero-order valence-corrected chi connectivity index (χ0v) is 12.5. The fraction of sp³-hybridized carbons (Fsp3) is 0.333. The second kappa shape index (κ2) is 5.87. The zero-order chi connectivity index (χ0) is 13.1. The molecule has 18 heavy (non-hydrogen) atoms. The van der Waals surface area contributed by atoms with Crippen molar-refractivity contribution in [3.8, 4) is 0 Å². The van der Waals surface area contributed by atoms with Gasteiger partial charge in [-0.1, -0.05) is 17.7 Å². The number of thiophene rings is 1. The van der Waals surface area contributed by atoms with Crippen LogP contribution in [0.1, 0.15) is 33.8 Å². The molecule has 1 aromatic carbocycles. The summed E-state index contributed by atoms with van der Waals surface area (Å²) < 4.78 is 0. The number of hydrogen-bond donors (Lipinski definition) is 1. The van der Waals surface area contributed by atoms with Crippen LogP contribution in [0.4, 0.5) is 0 Å². The molecule has 0 amide bonds. The first kappa shape index (κ1) is 13.6. The van der Waals surface area contributed by atoms with Crippen LogP contribution in [-0.2, 0) is 6.54 Å². The van der Waals surface area contributed by atoms with Crippen LogP contribution >= 0.6 is 22.9 Å². The average Bonchev–Trinajstić information content (AvgIpc) is 2.74. The molecule has 1 N–H and O–H groups in total. The lowest BCUT2D eigenvalue weighted by molar-refractivity contribution is 0.581. The van der Waals surface area contributed by atoms with E-state index in [0.717, 1.165) is 11.6 Å². The van der Waals surface area contributed by atoms with Gasteiger partial charge in [-0.3, -0.25) is 0 Å². The summed E-state index contributed by atoms with van der Waals surface area (Å²) in [6.45, 7) is 7.32. The number of rotatable bonds is 4. The highest BCUT2D eigenvalue weighted by Gasteiger charge is 2.07. The van der Waals surface area contributed by atoms with Gasteiger partial charge in [0.2, 0.25) is 0 Å². The number of nitrogens with one attached hydrogen (secondary N) is 1. The van der Waals surface area contributed by atoms with Crippen molar-refractivity contribution in [2.75, 3.05) is 0 Å². The van der Waals surface area contributed by atoms with E-state index in [4.69, 9.17) is 11.6 Å². The highest BCUT2D eigenvalue weighted by Crippen LogP contribution is 2.23. The van der Waals surface area contributed by atoms with Gasteiger partial charge in [0.15, 0.2) is 0 Å². The van der Waals surface area contributed by atoms with E-state index < -0.39 is 0 Å². The third-order valence-electron chi connectivity index (χ3n) is 3.09. The minimum absolute atomic E-state index is 0.388. The van der Waals surface area contributed by atoms with Gasteiger partial charge in [-0.2, -0.15) is 0 Å². The van der Waals surface area contributed by atoms with Crippen molar-refractivity contribution in [3.63, 3.8) is 0 Å². The summed E-state index contributed by atoms with van der Waals surface area (Å²) in [4.78, 5) is 2.75. The third-order valence-corrected chi connectivity index (χ3v) is 4.51. The normalized spacial score (nSPS) is 12.7. The van der Waals surface area contributed by atoms with E-state index in [1.807, 2.05) is 23.5 Å². The van der Waals surface area contributed by atoms with Gasteiger partial charge in [0.25, 0.3) is 0 Å². The maximum absolute atomic E-state index is 5.96. The molecule has 2 aromatic rings. The molecule has 1 atom stereocenters. The van der Waals surface area contributed by atoms with Crippen molar-refractivity contribution in [1.29, 1.82) is 0 Å². The molecule has 1 unspecified atom stereocenters. The molecule has 0 aliphatic heterocycles.